The number of amides is 2. The summed E-state index contributed by atoms with van der Waals surface area (Å²) in [6.07, 6.45) is -4.55. The predicted octanol–water partition coefficient (Wildman–Crippen LogP) is -2.98. The molecule has 2 rings (SSSR count). The number of carbonyl (C=O) groups excluding carboxylic acids is 2. The molecule has 2 aliphatic heterocycles. The Morgan fingerprint density at radius 2 is 1.89 bits per heavy atom. The summed E-state index contributed by atoms with van der Waals surface area (Å²) in [6, 6.07) is 0. The fourth-order valence-electron chi connectivity index (χ4n) is 2.15. The summed E-state index contributed by atoms with van der Waals surface area (Å²) >= 11 is 3.64. The maximum absolute atomic E-state index is 11.6. The molecule has 0 aliphatic carbocycles. The fraction of sp³-hybridized carbons (Fsp3) is 0.600. The van der Waals surface area contributed by atoms with Crippen LogP contribution in [0.3, 0.4) is 0 Å². The summed E-state index contributed by atoms with van der Waals surface area (Å²) in [5.74, 6) is -1.53. The van der Waals surface area contributed by atoms with Crippen LogP contribution in [0.1, 0.15) is 6.92 Å². The number of nitrogens with one attached hydrogen (secondary N) is 1. The van der Waals surface area contributed by atoms with Gasteiger partial charge in [0.1, 0.15) is 23.9 Å². The molecule has 1 unspecified atom stereocenters. The van der Waals surface area contributed by atoms with Crippen LogP contribution in [0.5, 0.6) is 0 Å². The Hall–Kier alpha value is -0.970. The molecule has 2 heterocycles. The van der Waals surface area contributed by atoms with E-state index >= 15 is 0 Å². The number of imide groups is 1. The molecule has 0 spiro atoms. The number of hydrogen-bond acceptors (Lipinski definition) is 8. The highest BCUT2D eigenvalue weighted by atomic mass is 32.1. The molecule has 9 heteroatoms. The van der Waals surface area contributed by atoms with Crippen LogP contribution in [0.15, 0.2) is 11.6 Å². The summed E-state index contributed by atoms with van der Waals surface area (Å²) in [4.78, 5) is 22.7. The summed E-state index contributed by atoms with van der Waals surface area (Å²) in [6.45, 7) is 1.19. The first-order chi connectivity index (χ1) is 8.59. The fourth-order valence-corrected chi connectivity index (χ4v) is 2.49. The van der Waals surface area contributed by atoms with Crippen LogP contribution in [0.4, 0.5) is 0 Å². The number of thiol groups is 1. The van der Waals surface area contributed by atoms with Gasteiger partial charge < -0.3 is 25.2 Å². The van der Waals surface area contributed by atoms with Crippen molar-refractivity contribution in [3.63, 3.8) is 0 Å². The summed E-state index contributed by atoms with van der Waals surface area (Å²) in [5, 5.41) is 38.4. The number of hydrogen-bond donors (Lipinski definition) is 6. The van der Waals surface area contributed by atoms with Crippen LogP contribution < -0.4 is 5.32 Å². The van der Waals surface area contributed by atoms with Gasteiger partial charge in [-0.25, -0.2) is 0 Å². The maximum atomic E-state index is 11.6. The molecule has 1 fully saturated rings. The largest absolute Gasteiger partial charge is 0.387 e. The van der Waals surface area contributed by atoms with Crippen molar-refractivity contribution in [2.24, 2.45) is 0 Å². The average Bonchev–Trinajstić information content (AvgIpc) is 2.64. The lowest BCUT2D eigenvalue weighted by Gasteiger charge is -2.49. The second-order valence-electron chi connectivity index (χ2n) is 4.62. The zero-order valence-electron chi connectivity index (χ0n) is 9.77. The maximum Gasteiger partial charge on any atom is 0.257 e. The summed E-state index contributed by atoms with van der Waals surface area (Å²) < 4.78 is 5.04. The molecule has 0 bridgehead atoms. The minimum Gasteiger partial charge on any atom is -0.387 e. The zero-order chi connectivity index (χ0) is 14.6. The molecular weight excluding hydrogens is 278 g/mol. The smallest absolute Gasteiger partial charge is 0.257 e. The van der Waals surface area contributed by atoms with E-state index in [9.17, 15) is 30.0 Å². The van der Waals surface area contributed by atoms with E-state index in [-0.39, 0.29) is 5.57 Å². The lowest BCUT2D eigenvalue weighted by atomic mass is 9.82. The van der Waals surface area contributed by atoms with Crippen LogP contribution in [0.25, 0.3) is 0 Å². The molecule has 1 saturated heterocycles. The van der Waals surface area contributed by atoms with E-state index in [1.165, 1.54) is 6.92 Å². The van der Waals surface area contributed by atoms with Gasteiger partial charge in [-0.15, -0.1) is 12.6 Å². The number of aliphatic hydroxyl groups excluding tert-OH is 3. The van der Waals surface area contributed by atoms with Gasteiger partial charge in [0.15, 0.2) is 0 Å². The van der Waals surface area contributed by atoms with Crippen LogP contribution in [0, 0.1) is 0 Å². The van der Waals surface area contributed by atoms with Crippen LogP contribution in [-0.4, -0.2) is 61.3 Å². The van der Waals surface area contributed by atoms with E-state index < -0.39 is 40.8 Å². The van der Waals surface area contributed by atoms with Gasteiger partial charge in [0.05, 0.1) is 5.57 Å². The van der Waals surface area contributed by atoms with Gasteiger partial charge >= 0.3 is 0 Å². The minimum atomic E-state index is -2.49. The second-order valence-corrected chi connectivity index (χ2v) is 5.27. The SMILES string of the molecule is C[C@@]1(C2=CC(=O)NC2=O)OC(O)(S)[C@@H](O)[C@H](O)[C@@H]1O. The highest BCUT2D eigenvalue weighted by molar-refractivity contribution is 7.81. The van der Waals surface area contributed by atoms with E-state index in [4.69, 9.17) is 4.74 Å². The van der Waals surface area contributed by atoms with Crippen molar-refractivity contribution in [3.05, 3.63) is 11.6 Å². The minimum absolute atomic E-state index is 0.275. The second kappa shape index (κ2) is 4.27. The number of rotatable bonds is 1. The van der Waals surface area contributed by atoms with E-state index in [2.05, 4.69) is 12.6 Å². The molecular formula is C10H13NO7S. The molecule has 2 amide bonds. The molecule has 8 nitrogen and oxygen atoms in total. The van der Waals surface area contributed by atoms with Gasteiger partial charge in [0.25, 0.3) is 11.8 Å². The Kier molecular flexibility index (Phi) is 3.24. The molecule has 0 saturated carbocycles. The molecule has 5 N–H and O–H groups in total. The van der Waals surface area contributed by atoms with E-state index in [1.807, 2.05) is 5.32 Å². The Morgan fingerprint density at radius 1 is 1.32 bits per heavy atom. The first-order valence-corrected chi connectivity index (χ1v) is 5.81. The lowest BCUT2D eigenvalue weighted by Crippen LogP contribution is -2.68. The molecule has 19 heavy (non-hydrogen) atoms. The normalized spacial score (nSPS) is 47.1. The predicted molar refractivity (Wildman–Crippen MR) is 62.7 cm³/mol. The Bertz CT molecular complexity index is 476. The molecule has 106 valence electrons. The summed E-state index contributed by atoms with van der Waals surface area (Å²) in [5.41, 5.74) is -2.17. The van der Waals surface area contributed by atoms with Gasteiger partial charge in [-0.3, -0.25) is 14.9 Å². The van der Waals surface area contributed by atoms with Gasteiger partial charge in [-0.1, -0.05) is 0 Å². The molecule has 0 aromatic carbocycles. The third kappa shape index (κ3) is 2.08. The molecule has 5 atom stereocenters. The van der Waals surface area contributed by atoms with Crippen molar-refractivity contribution < 1.29 is 34.8 Å². The van der Waals surface area contributed by atoms with Crippen molar-refractivity contribution in [2.45, 2.75) is 36.0 Å². The van der Waals surface area contributed by atoms with E-state index in [0.29, 0.717) is 0 Å². The van der Waals surface area contributed by atoms with Crippen molar-refractivity contribution in [1.29, 1.82) is 0 Å². The summed E-state index contributed by atoms with van der Waals surface area (Å²) in [7, 11) is 0. The topological polar surface area (TPSA) is 136 Å². The Balaban J connectivity index is 2.45. The van der Waals surface area contributed by atoms with Crippen LogP contribution >= 0.6 is 12.6 Å². The quantitative estimate of drug-likeness (QED) is 0.172. The van der Waals surface area contributed by atoms with Gasteiger partial charge in [-0.2, -0.15) is 0 Å². The standard InChI is InChI=1S/C10H13NO7S/c1-9(3-2-4(12)11-8(3)16)6(14)5(13)7(15)10(17,19)18-9/h2,5-7,13-15,17,19H,1H3,(H,11,12,16)/t5-,6+,7+,9+,10?/m1/s1. The number of carbonyl (C=O) groups is 2. The Labute approximate surface area is 113 Å². The first kappa shape index (κ1) is 14.4. The van der Waals surface area contributed by atoms with Crippen molar-refractivity contribution in [1.82, 2.24) is 5.32 Å². The van der Waals surface area contributed by atoms with Crippen LogP contribution in [0.2, 0.25) is 0 Å². The first-order valence-electron chi connectivity index (χ1n) is 5.36. The Morgan fingerprint density at radius 3 is 2.37 bits per heavy atom. The van der Waals surface area contributed by atoms with Gasteiger partial charge in [0.2, 0.25) is 5.12 Å². The molecule has 0 aromatic rings. The highest BCUT2D eigenvalue weighted by Gasteiger charge is 2.59. The third-order valence-electron chi connectivity index (χ3n) is 3.25. The lowest BCUT2D eigenvalue weighted by molar-refractivity contribution is -0.321. The average molecular weight is 291 g/mol. The van der Waals surface area contributed by atoms with Gasteiger partial charge in [0, 0.05) is 6.08 Å². The molecule has 0 radical (unpaired) electrons. The van der Waals surface area contributed by atoms with E-state index in [0.717, 1.165) is 6.08 Å². The monoisotopic (exact) mass is 291 g/mol. The number of aliphatic hydroxyl groups is 4. The van der Waals surface area contributed by atoms with Crippen molar-refractivity contribution >= 4 is 24.4 Å². The highest BCUT2D eigenvalue weighted by Crippen LogP contribution is 2.41. The molecule has 0 aromatic heterocycles. The molecule has 2 aliphatic rings. The van der Waals surface area contributed by atoms with E-state index in [1.54, 1.807) is 0 Å². The van der Waals surface area contributed by atoms with Crippen LogP contribution in [-0.2, 0) is 14.3 Å². The third-order valence-corrected chi connectivity index (χ3v) is 3.61. The van der Waals surface area contributed by atoms with Gasteiger partial charge in [-0.05, 0) is 6.92 Å². The number of ether oxygens (including phenoxy) is 1. The van der Waals surface area contributed by atoms with Crippen molar-refractivity contribution in [3.8, 4) is 0 Å². The zero-order valence-corrected chi connectivity index (χ0v) is 10.7. The van der Waals surface area contributed by atoms with Crippen molar-refractivity contribution in [2.75, 3.05) is 0 Å².